The average molecular weight is 594 g/mol. The summed E-state index contributed by atoms with van der Waals surface area (Å²) < 4.78 is 32.9. The Bertz CT molecular complexity index is 1570. The second-order valence-electron chi connectivity index (χ2n) is 10.7. The molecule has 0 saturated carbocycles. The molecule has 1 N–H and O–H groups in total. The van der Waals surface area contributed by atoms with Gasteiger partial charge in [0.25, 0.3) is 5.91 Å². The maximum atomic E-state index is 14.1. The Morgan fingerprint density at radius 2 is 1.98 bits per heavy atom. The van der Waals surface area contributed by atoms with Crippen LogP contribution in [0.3, 0.4) is 0 Å². The monoisotopic (exact) mass is 593 g/mol. The summed E-state index contributed by atoms with van der Waals surface area (Å²) in [5.41, 5.74) is 3.96. The number of nitrogens with zero attached hydrogens (tertiary/aromatic N) is 4. The number of amides is 1. The molecule has 220 valence electrons. The standard InChI is InChI=1S/C31H33ClFN5O4/c1-37-27-8-7-23(34-31(39)28-19-40-13-14-41-28)16-26(27)35-29(37)17-38-11-9-20(10-12-38)25-3-2-4-30(36-25)42-18-21-5-6-22(32)15-24(21)33/h2-8,15-16,20,28H,9-14,17-19H2,1H3,(H,34,39). The number of ether oxygens (including phenoxy) is 3. The van der Waals surface area contributed by atoms with Gasteiger partial charge in [0, 0.05) is 41.0 Å². The van der Waals surface area contributed by atoms with Crippen LogP contribution in [0.5, 0.6) is 5.88 Å². The largest absolute Gasteiger partial charge is 0.473 e. The van der Waals surface area contributed by atoms with E-state index in [1.807, 2.05) is 37.4 Å². The predicted molar refractivity (Wildman–Crippen MR) is 157 cm³/mol. The molecular formula is C31H33ClFN5O4. The lowest BCUT2D eigenvalue weighted by Gasteiger charge is -2.31. The first-order valence-corrected chi connectivity index (χ1v) is 14.5. The van der Waals surface area contributed by atoms with Crippen LogP contribution >= 0.6 is 11.6 Å². The zero-order valence-electron chi connectivity index (χ0n) is 23.4. The molecule has 6 rings (SSSR count). The van der Waals surface area contributed by atoms with Crippen LogP contribution in [0.1, 0.15) is 35.8 Å². The third-order valence-corrected chi connectivity index (χ3v) is 8.09. The Morgan fingerprint density at radius 1 is 1.12 bits per heavy atom. The lowest BCUT2D eigenvalue weighted by molar-refractivity contribution is -0.142. The number of piperidine rings is 1. The number of carbonyl (C=O) groups is 1. The topological polar surface area (TPSA) is 90.7 Å². The third kappa shape index (κ3) is 6.57. The molecule has 1 unspecified atom stereocenters. The molecule has 2 aliphatic rings. The van der Waals surface area contributed by atoms with Crippen LogP contribution in [-0.4, -0.2) is 64.4 Å². The lowest BCUT2D eigenvalue weighted by Crippen LogP contribution is -2.39. The molecule has 9 nitrogen and oxygen atoms in total. The second-order valence-corrected chi connectivity index (χ2v) is 11.1. The van der Waals surface area contributed by atoms with Gasteiger partial charge in [-0.2, -0.15) is 0 Å². The van der Waals surface area contributed by atoms with Crippen molar-refractivity contribution in [2.24, 2.45) is 7.05 Å². The molecule has 11 heteroatoms. The number of aryl methyl sites for hydroxylation is 1. The Hall–Kier alpha value is -3.57. The van der Waals surface area contributed by atoms with Gasteiger partial charge < -0.3 is 24.1 Å². The minimum absolute atomic E-state index is 0.0909. The van der Waals surface area contributed by atoms with Crippen molar-refractivity contribution in [2.45, 2.75) is 38.0 Å². The summed E-state index contributed by atoms with van der Waals surface area (Å²) in [5, 5.41) is 3.28. The van der Waals surface area contributed by atoms with E-state index in [1.165, 1.54) is 6.07 Å². The van der Waals surface area contributed by atoms with Crippen molar-refractivity contribution >= 4 is 34.2 Å². The van der Waals surface area contributed by atoms with Crippen molar-refractivity contribution in [1.29, 1.82) is 0 Å². The fourth-order valence-corrected chi connectivity index (χ4v) is 5.61. The van der Waals surface area contributed by atoms with E-state index >= 15 is 0 Å². The van der Waals surface area contributed by atoms with Gasteiger partial charge in [-0.25, -0.2) is 14.4 Å². The molecular weight excluding hydrogens is 561 g/mol. The Balaban J connectivity index is 1.04. The lowest BCUT2D eigenvalue weighted by atomic mass is 9.93. The maximum absolute atomic E-state index is 14.1. The number of nitrogens with one attached hydrogen (secondary N) is 1. The highest BCUT2D eigenvalue weighted by atomic mass is 35.5. The molecule has 1 amide bonds. The van der Waals surface area contributed by atoms with Gasteiger partial charge in [-0.05, 0) is 62.3 Å². The number of rotatable bonds is 8. The maximum Gasteiger partial charge on any atom is 0.255 e. The number of aromatic nitrogens is 3. The molecule has 2 aliphatic heterocycles. The van der Waals surface area contributed by atoms with E-state index in [2.05, 4.69) is 14.8 Å². The quantitative estimate of drug-likeness (QED) is 0.305. The van der Waals surface area contributed by atoms with E-state index in [1.54, 1.807) is 18.2 Å². The SMILES string of the molecule is Cn1c(CN2CCC(c3cccc(OCc4ccc(Cl)cc4F)n3)CC2)nc2cc(NC(=O)C3COCCO3)ccc21. The summed E-state index contributed by atoms with van der Waals surface area (Å²) in [6.07, 6.45) is 1.34. The fraction of sp³-hybridized carbons (Fsp3) is 0.387. The molecule has 0 spiro atoms. The van der Waals surface area contributed by atoms with Crippen LogP contribution in [-0.2, 0) is 34.5 Å². The number of hydrogen-bond donors (Lipinski definition) is 1. The van der Waals surface area contributed by atoms with Crippen LogP contribution in [0, 0.1) is 5.82 Å². The zero-order chi connectivity index (χ0) is 29.1. The van der Waals surface area contributed by atoms with E-state index in [9.17, 15) is 9.18 Å². The second kappa shape index (κ2) is 12.7. The summed E-state index contributed by atoms with van der Waals surface area (Å²) in [6, 6.07) is 16.1. The van der Waals surface area contributed by atoms with Gasteiger partial charge in [-0.3, -0.25) is 9.69 Å². The normalized spacial score (nSPS) is 18.3. The molecule has 1 atom stereocenters. The molecule has 4 aromatic rings. The first kappa shape index (κ1) is 28.5. The van der Waals surface area contributed by atoms with E-state index in [-0.39, 0.29) is 24.9 Å². The number of fused-ring (bicyclic) bond motifs is 1. The van der Waals surface area contributed by atoms with Crippen molar-refractivity contribution in [3.8, 4) is 5.88 Å². The Morgan fingerprint density at radius 3 is 2.76 bits per heavy atom. The van der Waals surface area contributed by atoms with E-state index < -0.39 is 6.10 Å². The Labute approximate surface area is 248 Å². The van der Waals surface area contributed by atoms with Gasteiger partial charge in [0.1, 0.15) is 18.2 Å². The van der Waals surface area contributed by atoms with Gasteiger partial charge in [0.2, 0.25) is 5.88 Å². The highest BCUT2D eigenvalue weighted by Gasteiger charge is 2.25. The number of benzene rings is 2. The van der Waals surface area contributed by atoms with Crippen molar-refractivity contribution < 1.29 is 23.4 Å². The van der Waals surface area contributed by atoms with Crippen molar-refractivity contribution in [3.05, 3.63) is 82.5 Å². The zero-order valence-corrected chi connectivity index (χ0v) is 24.1. The molecule has 2 aromatic heterocycles. The van der Waals surface area contributed by atoms with E-state index in [0.29, 0.717) is 41.3 Å². The predicted octanol–water partition coefficient (Wildman–Crippen LogP) is 5.07. The number of pyridine rings is 1. The summed E-state index contributed by atoms with van der Waals surface area (Å²) in [7, 11) is 2.02. The molecule has 42 heavy (non-hydrogen) atoms. The van der Waals surface area contributed by atoms with Gasteiger partial charge in [-0.15, -0.1) is 0 Å². The first-order chi connectivity index (χ1) is 20.4. The van der Waals surface area contributed by atoms with Crippen LogP contribution in [0.15, 0.2) is 54.6 Å². The highest BCUT2D eigenvalue weighted by molar-refractivity contribution is 6.30. The molecule has 0 bridgehead atoms. The van der Waals surface area contributed by atoms with Crippen LogP contribution in [0.25, 0.3) is 11.0 Å². The molecule has 0 radical (unpaired) electrons. The third-order valence-electron chi connectivity index (χ3n) is 7.86. The summed E-state index contributed by atoms with van der Waals surface area (Å²) in [4.78, 5) is 24.5. The van der Waals surface area contributed by atoms with Crippen molar-refractivity contribution in [1.82, 2.24) is 19.4 Å². The molecule has 0 aliphatic carbocycles. The number of carbonyl (C=O) groups excluding carboxylic acids is 1. The highest BCUT2D eigenvalue weighted by Crippen LogP contribution is 2.29. The summed E-state index contributed by atoms with van der Waals surface area (Å²) >= 11 is 5.85. The van der Waals surface area contributed by atoms with Gasteiger partial charge in [-0.1, -0.05) is 23.7 Å². The number of hydrogen-bond acceptors (Lipinski definition) is 7. The average Bonchev–Trinajstić information content (AvgIpc) is 3.31. The summed E-state index contributed by atoms with van der Waals surface area (Å²) in [6.45, 7) is 3.85. The van der Waals surface area contributed by atoms with Crippen LogP contribution < -0.4 is 10.1 Å². The molecule has 2 saturated heterocycles. The molecule has 2 fully saturated rings. The van der Waals surface area contributed by atoms with Crippen LogP contribution in [0.2, 0.25) is 5.02 Å². The number of halogens is 2. The van der Waals surface area contributed by atoms with Crippen molar-refractivity contribution in [2.75, 3.05) is 38.2 Å². The number of likely N-dealkylation sites (tertiary alicyclic amines) is 1. The minimum atomic E-state index is -0.596. The number of anilines is 1. The summed E-state index contributed by atoms with van der Waals surface area (Å²) in [5.74, 6) is 1.18. The van der Waals surface area contributed by atoms with Gasteiger partial charge in [0.15, 0.2) is 6.10 Å². The minimum Gasteiger partial charge on any atom is -0.473 e. The molecule has 4 heterocycles. The Kier molecular flexibility index (Phi) is 8.66. The van der Waals surface area contributed by atoms with Gasteiger partial charge >= 0.3 is 0 Å². The smallest absolute Gasteiger partial charge is 0.255 e. The fourth-order valence-electron chi connectivity index (χ4n) is 5.45. The first-order valence-electron chi connectivity index (χ1n) is 14.1. The van der Waals surface area contributed by atoms with E-state index in [0.717, 1.165) is 55.0 Å². The van der Waals surface area contributed by atoms with Crippen molar-refractivity contribution in [3.63, 3.8) is 0 Å². The van der Waals surface area contributed by atoms with Gasteiger partial charge in [0.05, 0.1) is 37.4 Å². The number of imidazole rings is 1. The van der Waals surface area contributed by atoms with E-state index in [4.69, 9.17) is 35.8 Å². The molecule has 2 aromatic carbocycles. The van der Waals surface area contributed by atoms with Crippen LogP contribution in [0.4, 0.5) is 10.1 Å².